The second-order valence-electron chi connectivity index (χ2n) is 26.2. The van der Waals surface area contributed by atoms with E-state index in [1.165, 1.54) is 24.0 Å². The van der Waals surface area contributed by atoms with Crippen LogP contribution in [0.4, 0.5) is 0 Å². The number of rotatable bonds is 42. The van der Waals surface area contributed by atoms with Crippen LogP contribution in [0, 0.1) is 10.8 Å². The summed E-state index contributed by atoms with van der Waals surface area (Å²) in [7, 11) is 0. The monoisotopic (exact) mass is 1280 g/mol. The molecule has 0 amide bonds. The SMILES string of the molecule is CC.CC(C)(CCCCSOC(=O)c1ccc(-c2ccccc2)cc1)CC(C)(C)CCCCSN(N)/C=C(\N)COC(COC(COCC1COC(C)(C)O1)COCC1COC(C)(C)O1)COC(COCC1COC(C)(C)O1)COCC1COC(C)(C)O1. The number of carbonyl (C=O) groups is 1. The molecule has 4 heterocycles. The molecule has 88 heavy (non-hydrogen) atoms. The number of unbranched alkanes of at least 4 members (excludes halogenated alkanes) is 2. The van der Waals surface area contributed by atoms with Crippen LogP contribution in [-0.2, 0) is 75.2 Å². The van der Waals surface area contributed by atoms with E-state index in [1.807, 2.05) is 112 Å². The van der Waals surface area contributed by atoms with Crippen molar-refractivity contribution in [3.8, 4) is 11.1 Å². The lowest BCUT2D eigenvalue weighted by molar-refractivity contribution is -0.159. The van der Waals surface area contributed by atoms with Crippen molar-refractivity contribution in [2.24, 2.45) is 22.4 Å². The van der Waals surface area contributed by atoms with Crippen LogP contribution >= 0.6 is 24.0 Å². The van der Waals surface area contributed by atoms with Crippen LogP contribution in [0.15, 0.2) is 66.5 Å². The number of ether oxygens (including phenoxy) is 15. The van der Waals surface area contributed by atoms with Gasteiger partial charge in [-0.2, -0.15) is 0 Å². The Bertz CT molecular complexity index is 2140. The summed E-state index contributed by atoms with van der Waals surface area (Å²) in [6.07, 6.45) is 6.65. The Hall–Kier alpha value is -2.69. The van der Waals surface area contributed by atoms with E-state index in [2.05, 4.69) is 39.8 Å². The molecule has 504 valence electrons. The van der Waals surface area contributed by atoms with Crippen molar-refractivity contribution in [3.05, 3.63) is 72.1 Å². The van der Waals surface area contributed by atoms with Gasteiger partial charge in [-0.25, -0.2) is 10.6 Å². The summed E-state index contributed by atoms with van der Waals surface area (Å²) in [4.78, 5) is 12.7. The van der Waals surface area contributed by atoms with E-state index in [0.29, 0.717) is 64.1 Å². The Morgan fingerprint density at radius 2 is 0.955 bits per heavy atom. The fourth-order valence-corrected chi connectivity index (χ4v) is 12.1. The highest BCUT2D eigenvalue weighted by molar-refractivity contribution is 7.97. The van der Waals surface area contributed by atoms with Gasteiger partial charge < -0.3 is 81.0 Å². The Labute approximate surface area is 535 Å². The first-order valence-electron chi connectivity index (χ1n) is 31.8. The first-order valence-corrected chi connectivity index (χ1v) is 33.6. The van der Waals surface area contributed by atoms with Crippen molar-refractivity contribution >= 4 is 30.0 Å². The molecule has 4 aliphatic rings. The molecular formula is C66H111N3O17S2. The molecule has 0 saturated carbocycles. The molecule has 0 bridgehead atoms. The lowest BCUT2D eigenvalue weighted by Crippen LogP contribution is -2.37. The maximum Gasteiger partial charge on any atom is 0.350 e. The molecule has 20 nitrogen and oxygen atoms in total. The Balaban J connectivity index is 0.00000698. The molecule has 2 aromatic rings. The van der Waals surface area contributed by atoms with E-state index >= 15 is 0 Å². The third kappa shape index (κ3) is 30.8. The minimum atomic E-state index is -0.677. The summed E-state index contributed by atoms with van der Waals surface area (Å²) in [6.45, 7) is 32.6. The predicted molar refractivity (Wildman–Crippen MR) is 344 cm³/mol. The molecular weight excluding hydrogens is 1170 g/mol. The van der Waals surface area contributed by atoms with Crippen molar-refractivity contribution in [2.45, 2.75) is 208 Å². The molecule has 6 rings (SSSR count). The number of carbonyl (C=O) groups excluding carboxylic acids is 1. The van der Waals surface area contributed by atoms with Crippen LogP contribution in [-0.4, -0.2) is 187 Å². The van der Waals surface area contributed by atoms with Crippen LogP contribution < -0.4 is 11.6 Å². The van der Waals surface area contributed by atoms with E-state index in [0.717, 1.165) is 67.6 Å². The molecule has 0 aromatic heterocycles. The first kappa shape index (κ1) is 76.0. The highest BCUT2D eigenvalue weighted by Crippen LogP contribution is 2.41. The van der Waals surface area contributed by atoms with Crippen molar-refractivity contribution in [1.29, 1.82) is 0 Å². The highest BCUT2D eigenvalue weighted by Gasteiger charge is 2.37. The molecule has 22 heteroatoms. The number of nitrogens with zero attached hydrogens (tertiary/aromatic N) is 1. The third-order valence-electron chi connectivity index (χ3n) is 14.7. The molecule has 4 atom stereocenters. The van der Waals surface area contributed by atoms with Gasteiger partial charge in [0.15, 0.2) is 23.1 Å². The zero-order chi connectivity index (χ0) is 64.3. The van der Waals surface area contributed by atoms with Crippen molar-refractivity contribution in [1.82, 2.24) is 4.41 Å². The largest absolute Gasteiger partial charge is 0.399 e. The lowest BCUT2D eigenvalue weighted by atomic mass is 9.71. The molecule has 0 aliphatic carbocycles. The number of nitrogens with two attached hydrogens (primary N) is 2. The summed E-state index contributed by atoms with van der Waals surface area (Å²) >= 11 is 2.75. The molecule has 4 N–H and O–H groups in total. The molecule has 2 aromatic carbocycles. The normalized spacial score (nSPS) is 22.5. The quantitative estimate of drug-likeness (QED) is 0.0207. The topological polar surface area (TPSA) is 220 Å². The highest BCUT2D eigenvalue weighted by atomic mass is 32.2. The Kier molecular flexibility index (Phi) is 32.7. The minimum absolute atomic E-state index is 0.0509. The summed E-state index contributed by atoms with van der Waals surface area (Å²) < 4.78 is 98.3. The number of benzene rings is 2. The van der Waals surface area contributed by atoms with Crippen LogP contribution in [0.2, 0.25) is 0 Å². The van der Waals surface area contributed by atoms with Crippen LogP contribution in [0.5, 0.6) is 0 Å². The van der Waals surface area contributed by atoms with Crippen molar-refractivity contribution < 1.29 is 80.0 Å². The predicted octanol–water partition coefficient (Wildman–Crippen LogP) is 11.4. The van der Waals surface area contributed by atoms with Gasteiger partial charge in [0.1, 0.15) is 42.7 Å². The summed E-state index contributed by atoms with van der Waals surface area (Å²) in [5.74, 6) is 5.06. The van der Waals surface area contributed by atoms with Crippen LogP contribution in [0.3, 0.4) is 0 Å². The van der Waals surface area contributed by atoms with Crippen LogP contribution in [0.1, 0.15) is 152 Å². The summed E-state index contributed by atoms with van der Waals surface area (Å²) in [5, 5.41) is 0. The van der Waals surface area contributed by atoms with E-state index in [-0.39, 0.29) is 87.5 Å². The first-order chi connectivity index (χ1) is 41.7. The third-order valence-corrected chi connectivity index (χ3v) is 16.3. The van der Waals surface area contributed by atoms with Gasteiger partial charge in [0.2, 0.25) is 0 Å². The standard InChI is InChI=1S/C64H105N3O17S2.C2H6/c1-59(2,46-60(3,4)27-17-19-29-86-84-58(68)49-24-22-48(23-25-49)47-20-14-13-15-21-47)26-16-18-28-85-67(66)30-50(65)31-73-53(40-74-51(32-69-36-54-42-76-61(5,6)80-54)33-70-37-55-43-77-62(7,8)81-55)41-75-52(34-71-38-56-44-78-63(9,10)82-56)35-72-39-57-45-79-64(11,12)83-57;1-2/h13-15,20-25,30,51-57H,16-19,26-29,31-46,65-66H2,1-12H3;1-2H3/b50-30-;. The number of hydrogen-bond acceptors (Lipinski definition) is 22. The van der Waals surface area contributed by atoms with Crippen LogP contribution in [0.25, 0.3) is 11.1 Å². The molecule has 0 radical (unpaired) electrons. The van der Waals surface area contributed by atoms with Gasteiger partial charge in [0, 0.05) is 17.7 Å². The smallest absolute Gasteiger partial charge is 0.350 e. The lowest BCUT2D eigenvalue weighted by Gasteiger charge is -2.35. The van der Waals surface area contributed by atoms with Gasteiger partial charge in [0.05, 0.1) is 122 Å². The van der Waals surface area contributed by atoms with Gasteiger partial charge >= 0.3 is 5.97 Å². The van der Waals surface area contributed by atoms with E-state index < -0.39 is 41.5 Å². The molecule has 4 fully saturated rings. The summed E-state index contributed by atoms with van der Waals surface area (Å²) in [5.41, 5.74) is 10.1. The molecule has 0 spiro atoms. The molecule has 4 unspecified atom stereocenters. The Morgan fingerprint density at radius 3 is 1.35 bits per heavy atom. The minimum Gasteiger partial charge on any atom is -0.399 e. The fourth-order valence-electron chi connectivity index (χ4n) is 10.8. The van der Waals surface area contributed by atoms with Crippen molar-refractivity contribution in [3.63, 3.8) is 0 Å². The van der Waals surface area contributed by atoms with Gasteiger partial charge in [-0.3, -0.25) is 4.41 Å². The summed E-state index contributed by atoms with van der Waals surface area (Å²) in [6, 6.07) is 17.7. The van der Waals surface area contributed by atoms with E-state index in [4.69, 9.17) is 86.8 Å². The van der Waals surface area contributed by atoms with Gasteiger partial charge in [-0.15, -0.1) is 0 Å². The van der Waals surface area contributed by atoms with E-state index in [1.54, 1.807) is 10.6 Å². The van der Waals surface area contributed by atoms with Gasteiger partial charge in [-0.05, 0) is 134 Å². The average Bonchev–Trinajstić information content (AvgIpc) is 3.10. The zero-order valence-electron chi connectivity index (χ0n) is 55.6. The fraction of sp³-hybridized carbons (Fsp3) is 0.773. The Morgan fingerprint density at radius 1 is 0.568 bits per heavy atom. The van der Waals surface area contributed by atoms with Gasteiger partial charge in [0.25, 0.3) is 0 Å². The van der Waals surface area contributed by atoms with Crippen molar-refractivity contribution in [2.75, 3.05) is 111 Å². The second kappa shape index (κ2) is 37.9. The second-order valence-corrected chi connectivity index (χ2v) is 28.1. The van der Waals surface area contributed by atoms with Gasteiger partial charge in [-0.1, -0.05) is 96.8 Å². The number of hydrogen-bond donors (Lipinski definition) is 2. The number of hydrazine groups is 1. The van der Waals surface area contributed by atoms with E-state index in [9.17, 15) is 4.79 Å². The average molecular weight is 1280 g/mol. The zero-order valence-corrected chi connectivity index (χ0v) is 57.3. The maximum atomic E-state index is 12.7. The maximum absolute atomic E-state index is 12.7. The molecule has 4 saturated heterocycles. The molecule has 4 aliphatic heterocycles.